The van der Waals surface area contributed by atoms with Gasteiger partial charge in [-0.15, -0.1) is 0 Å². The summed E-state index contributed by atoms with van der Waals surface area (Å²) in [6.45, 7) is 5.60. The number of ether oxygens (including phenoxy) is 2. The van der Waals surface area contributed by atoms with Crippen LogP contribution in [0.4, 0.5) is 4.79 Å². The molecule has 4 rings (SSSR count). The zero-order valence-electron chi connectivity index (χ0n) is 19.2. The van der Waals surface area contributed by atoms with E-state index in [2.05, 4.69) is 29.6 Å². The van der Waals surface area contributed by atoms with Gasteiger partial charge in [0.2, 0.25) is 0 Å². The van der Waals surface area contributed by atoms with Crippen LogP contribution in [-0.4, -0.2) is 30.3 Å². The summed E-state index contributed by atoms with van der Waals surface area (Å²) in [5.74, 6) is -0.530. The van der Waals surface area contributed by atoms with Crippen molar-refractivity contribution in [1.29, 1.82) is 0 Å². The van der Waals surface area contributed by atoms with Gasteiger partial charge in [0, 0.05) is 12.3 Å². The highest BCUT2D eigenvalue weighted by Gasteiger charge is 2.31. The minimum Gasteiger partial charge on any atom is -0.458 e. The zero-order valence-corrected chi connectivity index (χ0v) is 19.2. The number of hydrogen-bond acceptors (Lipinski definition) is 4. The Kier molecular flexibility index (Phi) is 6.50. The molecule has 170 valence electrons. The molecule has 0 bridgehead atoms. The van der Waals surface area contributed by atoms with E-state index in [1.807, 2.05) is 54.6 Å². The van der Waals surface area contributed by atoms with Gasteiger partial charge in [0.05, 0.1) is 0 Å². The van der Waals surface area contributed by atoms with Crippen LogP contribution >= 0.6 is 0 Å². The predicted molar refractivity (Wildman–Crippen MR) is 128 cm³/mol. The highest BCUT2D eigenvalue weighted by atomic mass is 16.6. The Labute approximate surface area is 194 Å². The van der Waals surface area contributed by atoms with Crippen molar-refractivity contribution in [2.75, 3.05) is 6.61 Å². The first-order valence-electron chi connectivity index (χ1n) is 11.2. The van der Waals surface area contributed by atoms with Crippen LogP contribution < -0.4 is 5.32 Å². The number of benzene rings is 3. The van der Waals surface area contributed by atoms with E-state index in [1.54, 1.807) is 20.8 Å². The van der Waals surface area contributed by atoms with Gasteiger partial charge < -0.3 is 14.8 Å². The van der Waals surface area contributed by atoms with Crippen molar-refractivity contribution in [1.82, 2.24) is 5.32 Å². The average Bonchev–Trinajstić information content (AvgIpc) is 3.11. The van der Waals surface area contributed by atoms with E-state index in [9.17, 15) is 9.59 Å². The van der Waals surface area contributed by atoms with Crippen LogP contribution in [0.1, 0.15) is 43.4 Å². The number of hydrogen-bond donors (Lipinski definition) is 1. The number of alkyl carbamates (subject to hydrolysis) is 1. The van der Waals surface area contributed by atoms with Gasteiger partial charge in [-0.25, -0.2) is 9.59 Å². The van der Waals surface area contributed by atoms with Gasteiger partial charge in [-0.1, -0.05) is 78.9 Å². The predicted octanol–water partition coefficient (Wildman–Crippen LogP) is 5.48. The summed E-state index contributed by atoms with van der Waals surface area (Å²) in [6, 6.07) is 25.0. The topological polar surface area (TPSA) is 64.6 Å². The van der Waals surface area contributed by atoms with E-state index >= 15 is 0 Å². The van der Waals surface area contributed by atoms with Gasteiger partial charge in [0.1, 0.15) is 18.2 Å². The van der Waals surface area contributed by atoms with E-state index in [4.69, 9.17) is 9.47 Å². The normalized spacial score (nSPS) is 13.5. The molecule has 0 aliphatic heterocycles. The van der Waals surface area contributed by atoms with Crippen molar-refractivity contribution >= 4 is 12.1 Å². The standard InChI is InChI=1S/C28H29NO4/c1-28(2,3)33-26(30)25(17-19-11-5-4-6-12-19)29-27(31)32-18-24-22-15-9-7-13-20(22)21-14-8-10-16-23(21)24/h4-16,24-25H,17-18H2,1-3H3,(H,29,31). The van der Waals surface area contributed by atoms with Gasteiger partial charge in [0.15, 0.2) is 0 Å². The molecule has 1 amide bonds. The molecular formula is C28H29NO4. The molecule has 0 saturated heterocycles. The number of nitrogens with one attached hydrogen (secondary N) is 1. The summed E-state index contributed by atoms with van der Waals surface area (Å²) < 4.78 is 11.2. The van der Waals surface area contributed by atoms with E-state index in [0.717, 1.165) is 27.8 Å². The fourth-order valence-electron chi connectivity index (χ4n) is 4.20. The third-order valence-corrected chi connectivity index (χ3v) is 5.61. The maximum atomic E-state index is 12.8. The first-order valence-corrected chi connectivity index (χ1v) is 11.2. The van der Waals surface area contributed by atoms with E-state index < -0.39 is 23.7 Å². The lowest BCUT2D eigenvalue weighted by Gasteiger charge is -2.25. The highest BCUT2D eigenvalue weighted by Crippen LogP contribution is 2.44. The summed E-state index contributed by atoms with van der Waals surface area (Å²) in [6.07, 6.45) is -0.316. The molecule has 3 aromatic carbocycles. The van der Waals surface area contributed by atoms with Gasteiger partial charge in [0.25, 0.3) is 0 Å². The van der Waals surface area contributed by atoms with Gasteiger partial charge in [-0.3, -0.25) is 0 Å². The second-order valence-corrected chi connectivity index (χ2v) is 9.25. The van der Waals surface area contributed by atoms with Crippen LogP contribution in [0.2, 0.25) is 0 Å². The molecule has 0 aromatic heterocycles. The van der Waals surface area contributed by atoms with Gasteiger partial charge in [-0.05, 0) is 48.6 Å². The summed E-state index contributed by atoms with van der Waals surface area (Å²) in [5, 5.41) is 2.72. The number of amides is 1. The van der Waals surface area contributed by atoms with Gasteiger partial charge >= 0.3 is 12.1 Å². The number of rotatable bonds is 6. The third kappa shape index (κ3) is 5.43. The molecule has 5 nitrogen and oxygen atoms in total. The first kappa shape index (κ1) is 22.6. The molecule has 1 aliphatic carbocycles. The number of carbonyl (C=O) groups is 2. The molecule has 0 radical (unpaired) electrons. The van der Waals surface area contributed by atoms with Crippen molar-refractivity contribution in [2.24, 2.45) is 0 Å². The second kappa shape index (κ2) is 9.49. The number of fused-ring (bicyclic) bond motifs is 3. The summed E-state index contributed by atoms with van der Waals surface area (Å²) >= 11 is 0. The van der Waals surface area contributed by atoms with Crippen molar-refractivity contribution in [2.45, 2.75) is 44.8 Å². The monoisotopic (exact) mass is 443 g/mol. The van der Waals surface area contributed by atoms with Crippen molar-refractivity contribution in [3.63, 3.8) is 0 Å². The molecule has 0 heterocycles. The summed E-state index contributed by atoms with van der Waals surface area (Å²) in [4.78, 5) is 25.5. The van der Waals surface area contributed by atoms with Crippen LogP contribution in [0.5, 0.6) is 0 Å². The van der Waals surface area contributed by atoms with Crippen LogP contribution in [0.3, 0.4) is 0 Å². The molecule has 1 unspecified atom stereocenters. The van der Waals surface area contributed by atoms with E-state index in [-0.39, 0.29) is 12.5 Å². The van der Waals surface area contributed by atoms with Crippen LogP contribution in [0.15, 0.2) is 78.9 Å². The minimum absolute atomic E-state index is 0.0442. The maximum Gasteiger partial charge on any atom is 0.407 e. The Balaban J connectivity index is 1.46. The molecule has 3 aromatic rings. The Morgan fingerprint density at radius 3 is 1.97 bits per heavy atom. The third-order valence-electron chi connectivity index (χ3n) is 5.61. The number of esters is 1. The molecular weight excluding hydrogens is 414 g/mol. The van der Waals surface area contributed by atoms with Crippen LogP contribution in [0.25, 0.3) is 11.1 Å². The molecule has 5 heteroatoms. The Morgan fingerprint density at radius 1 is 0.848 bits per heavy atom. The minimum atomic E-state index is -0.845. The smallest absolute Gasteiger partial charge is 0.407 e. The van der Waals surface area contributed by atoms with E-state index in [1.165, 1.54) is 0 Å². The van der Waals surface area contributed by atoms with Crippen LogP contribution in [0, 0.1) is 0 Å². The number of carbonyl (C=O) groups excluding carboxylic acids is 2. The average molecular weight is 444 g/mol. The lowest BCUT2D eigenvalue weighted by Crippen LogP contribution is -2.46. The van der Waals surface area contributed by atoms with Crippen molar-refractivity contribution in [3.8, 4) is 11.1 Å². The van der Waals surface area contributed by atoms with Gasteiger partial charge in [-0.2, -0.15) is 0 Å². The molecule has 0 spiro atoms. The first-order chi connectivity index (χ1) is 15.8. The summed E-state index contributed by atoms with van der Waals surface area (Å²) in [5.41, 5.74) is 4.87. The fraction of sp³-hybridized carbons (Fsp3) is 0.286. The molecule has 0 fully saturated rings. The second-order valence-electron chi connectivity index (χ2n) is 9.25. The maximum absolute atomic E-state index is 12.8. The largest absolute Gasteiger partial charge is 0.458 e. The molecule has 1 atom stereocenters. The fourth-order valence-corrected chi connectivity index (χ4v) is 4.20. The van der Waals surface area contributed by atoms with Crippen molar-refractivity contribution < 1.29 is 19.1 Å². The van der Waals surface area contributed by atoms with E-state index in [0.29, 0.717) is 6.42 Å². The lowest BCUT2D eigenvalue weighted by molar-refractivity contribution is -0.157. The Bertz CT molecular complexity index is 1090. The molecule has 1 N–H and O–H groups in total. The zero-order chi connectivity index (χ0) is 23.4. The van der Waals surface area contributed by atoms with Crippen molar-refractivity contribution in [3.05, 3.63) is 95.6 Å². The van der Waals surface area contributed by atoms with Crippen LogP contribution in [-0.2, 0) is 20.7 Å². The Morgan fingerprint density at radius 2 is 1.39 bits per heavy atom. The molecule has 0 saturated carbocycles. The lowest BCUT2D eigenvalue weighted by atomic mass is 9.98. The SMILES string of the molecule is CC(C)(C)OC(=O)C(Cc1ccccc1)NC(=O)OCC1c2ccccc2-c2ccccc21. The quantitative estimate of drug-likeness (QED) is 0.513. The highest BCUT2D eigenvalue weighted by molar-refractivity contribution is 5.82. The summed E-state index contributed by atoms with van der Waals surface area (Å²) in [7, 11) is 0. The molecule has 33 heavy (non-hydrogen) atoms. The molecule has 1 aliphatic rings. The Hall–Kier alpha value is -3.60.